The summed E-state index contributed by atoms with van der Waals surface area (Å²) in [5, 5.41) is 17.6. The van der Waals surface area contributed by atoms with Gasteiger partial charge in [-0.3, -0.25) is 4.79 Å². The van der Waals surface area contributed by atoms with Gasteiger partial charge in [0.1, 0.15) is 5.82 Å². The molecule has 0 saturated carbocycles. The number of aromatic nitrogens is 2. The highest BCUT2D eigenvalue weighted by atomic mass is 32.2. The molecule has 0 aliphatic carbocycles. The molecule has 28 heavy (non-hydrogen) atoms. The molecule has 1 amide bonds. The Labute approximate surface area is 167 Å². The van der Waals surface area contributed by atoms with Gasteiger partial charge >= 0.3 is 0 Å². The predicted octanol–water partition coefficient (Wildman–Crippen LogP) is 3.98. The largest absolute Gasteiger partial charge is 0.504 e. The van der Waals surface area contributed by atoms with Crippen LogP contribution in [0.1, 0.15) is 27.6 Å². The monoisotopic (exact) mass is 395 g/mol. The van der Waals surface area contributed by atoms with E-state index in [1.807, 2.05) is 50.2 Å². The highest BCUT2D eigenvalue weighted by molar-refractivity contribution is 8.00. The van der Waals surface area contributed by atoms with Gasteiger partial charge in [0.05, 0.1) is 29.5 Å². The van der Waals surface area contributed by atoms with Crippen LogP contribution in [-0.2, 0) is 4.79 Å². The first-order valence-electron chi connectivity index (χ1n) is 8.93. The molecule has 144 valence electrons. The Morgan fingerprint density at radius 3 is 2.68 bits per heavy atom. The maximum Gasteiger partial charge on any atom is 0.235 e. The van der Waals surface area contributed by atoms with Crippen molar-refractivity contribution in [1.82, 2.24) is 9.78 Å². The topological polar surface area (TPSA) is 76.4 Å². The van der Waals surface area contributed by atoms with E-state index in [-0.39, 0.29) is 16.9 Å². The number of benzene rings is 2. The van der Waals surface area contributed by atoms with E-state index in [1.165, 1.54) is 18.9 Å². The van der Waals surface area contributed by atoms with Gasteiger partial charge in [0.15, 0.2) is 11.5 Å². The highest BCUT2D eigenvalue weighted by Gasteiger charge is 2.31. The summed E-state index contributed by atoms with van der Waals surface area (Å²) in [7, 11) is 1.52. The van der Waals surface area contributed by atoms with Crippen molar-refractivity contribution in [2.75, 3.05) is 18.2 Å². The lowest BCUT2D eigenvalue weighted by atomic mass is 10.0. The molecule has 7 heteroatoms. The van der Waals surface area contributed by atoms with Crippen LogP contribution >= 0.6 is 11.8 Å². The lowest BCUT2D eigenvalue weighted by Crippen LogP contribution is -2.15. The molecule has 0 unspecified atom stereocenters. The van der Waals surface area contributed by atoms with E-state index in [1.54, 1.807) is 10.7 Å². The number of carbonyl (C=O) groups excluding carboxylic acids is 1. The number of amides is 1. The summed E-state index contributed by atoms with van der Waals surface area (Å²) in [6.45, 7) is 3.98. The van der Waals surface area contributed by atoms with E-state index in [2.05, 4.69) is 5.32 Å². The zero-order valence-electron chi connectivity index (χ0n) is 15.9. The number of phenols is 1. The van der Waals surface area contributed by atoms with Crippen LogP contribution in [0.5, 0.6) is 11.5 Å². The number of rotatable bonds is 3. The van der Waals surface area contributed by atoms with Crippen LogP contribution < -0.4 is 10.1 Å². The summed E-state index contributed by atoms with van der Waals surface area (Å²) in [5.74, 6) is 1.45. The third-order valence-electron chi connectivity index (χ3n) is 4.79. The Balaban J connectivity index is 1.87. The minimum atomic E-state index is -0.109. The number of methoxy groups -OCH3 is 1. The predicted molar refractivity (Wildman–Crippen MR) is 111 cm³/mol. The van der Waals surface area contributed by atoms with Gasteiger partial charge in [-0.25, -0.2) is 4.68 Å². The number of fused-ring (bicyclic) bond motifs is 1. The minimum Gasteiger partial charge on any atom is -0.504 e. The van der Waals surface area contributed by atoms with Crippen molar-refractivity contribution in [3.63, 3.8) is 0 Å². The third-order valence-corrected chi connectivity index (χ3v) is 6.06. The van der Waals surface area contributed by atoms with Crippen molar-refractivity contribution < 1.29 is 14.6 Å². The molecule has 4 rings (SSSR count). The number of anilines is 1. The van der Waals surface area contributed by atoms with Gasteiger partial charge in [0.25, 0.3) is 0 Å². The molecule has 3 aromatic rings. The summed E-state index contributed by atoms with van der Waals surface area (Å²) in [5.41, 5.74) is 4.81. The van der Waals surface area contributed by atoms with Crippen molar-refractivity contribution in [2.24, 2.45) is 0 Å². The first-order chi connectivity index (χ1) is 13.5. The van der Waals surface area contributed by atoms with Gasteiger partial charge in [-0.05, 0) is 43.7 Å². The fourth-order valence-corrected chi connectivity index (χ4v) is 4.56. The van der Waals surface area contributed by atoms with Crippen LogP contribution in [0.15, 0.2) is 42.5 Å². The zero-order chi connectivity index (χ0) is 19.8. The number of hydrogen-bond acceptors (Lipinski definition) is 5. The van der Waals surface area contributed by atoms with E-state index in [9.17, 15) is 9.90 Å². The van der Waals surface area contributed by atoms with Gasteiger partial charge in [-0.1, -0.05) is 23.8 Å². The van der Waals surface area contributed by atoms with E-state index in [0.717, 1.165) is 28.1 Å². The van der Waals surface area contributed by atoms with Crippen molar-refractivity contribution in [3.8, 4) is 17.2 Å². The van der Waals surface area contributed by atoms with Crippen LogP contribution in [0.3, 0.4) is 0 Å². The minimum absolute atomic E-state index is 0.0623. The quantitative estimate of drug-likeness (QED) is 0.702. The summed E-state index contributed by atoms with van der Waals surface area (Å²) in [4.78, 5) is 12.4. The molecule has 0 saturated heterocycles. The van der Waals surface area contributed by atoms with Gasteiger partial charge in [-0.2, -0.15) is 5.10 Å². The van der Waals surface area contributed by atoms with Gasteiger partial charge in [0.2, 0.25) is 5.91 Å². The molecule has 1 aromatic heterocycles. The third kappa shape index (κ3) is 3.22. The smallest absolute Gasteiger partial charge is 0.235 e. The number of aryl methyl sites for hydroxylation is 2. The molecule has 0 spiro atoms. The molecule has 0 bridgehead atoms. The van der Waals surface area contributed by atoms with Crippen molar-refractivity contribution >= 4 is 23.5 Å². The second-order valence-electron chi connectivity index (χ2n) is 6.77. The number of aromatic hydroxyl groups is 1. The van der Waals surface area contributed by atoms with E-state index < -0.39 is 0 Å². The number of thioether (sulfide) groups is 1. The zero-order valence-corrected chi connectivity index (χ0v) is 16.7. The van der Waals surface area contributed by atoms with Crippen LogP contribution in [0.2, 0.25) is 0 Å². The summed E-state index contributed by atoms with van der Waals surface area (Å²) >= 11 is 1.54. The van der Waals surface area contributed by atoms with Crippen LogP contribution in [0.4, 0.5) is 5.82 Å². The molecule has 0 fully saturated rings. The number of hydrogen-bond donors (Lipinski definition) is 2. The Morgan fingerprint density at radius 2 is 1.96 bits per heavy atom. The molecular formula is C21H21N3O3S. The number of ether oxygens (including phenoxy) is 1. The molecule has 2 aromatic carbocycles. The first-order valence-corrected chi connectivity index (χ1v) is 9.97. The van der Waals surface area contributed by atoms with Crippen LogP contribution in [0, 0.1) is 13.8 Å². The van der Waals surface area contributed by atoms with Crippen LogP contribution in [-0.4, -0.2) is 33.7 Å². The second kappa shape index (κ2) is 7.24. The number of phenolic OH excluding ortho intramolecular Hbond substituents is 1. The average Bonchev–Trinajstić information content (AvgIpc) is 2.89. The fourth-order valence-electron chi connectivity index (χ4n) is 3.38. The molecule has 0 radical (unpaired) electrons. The maximum atomic E-state index is 12.4. The maximum absolute atomic E-state index is 12.4. The van der Waals surface area contributed by atoms with Gasteiger partial charge in [-0.15, -0.1) is 11.8 Å². The molecule has 2 heterocycles. The SMILES string of the molecule is COc1cc([C@H]2SCC(=O)Nc3c2c(C)nn3-c2ccc(C)cc2)ccc1O. The summed E-state index contributed by atoms with van der Waals surface area (Å²) in [6, 6.07) is 13.3. The Morgan fingerprint density at radius 1 is 1.21 bits per heavy atom. The Bertz CT molecular complexity index is 1040. The Kier molecular flexibility index (Phi) is 4.77. The van der Waals surface area contributed by atoms with E-state index >= 15 is 0 Å². The van der Waals surface area contributed by atoms with Crippen LogP contribution in [0.25, 0.3) is 5.69 Å². The van der Waals surface area contributed by atoms with Crippen molar-refractivity contribution in [3.05, 3.63) is 64.8 Å². The normalized spacial score (nSPS) is 16.2. The molecule has 1 aliphatic heterocycles. The van der Waals surface area contributed by atoms with Crippen molar-refractivity contribution in [1.29, 1.82) is 0 Å². The summed E-state index contributed by atoms with van der Waals surface area (Å²) < 4.78 is 7.06. The van der Waals surface area contributed by atoms with Gasteiger partial charge in [0, 0.05) is 5.56 Å². The second-order valence-corrected chi connectivity index (χ2v) is 7.86. The molecule has 1 aliphatic rings. The number of carbonyl (C=O) groups is 1. The average molecular weight is 395 g/mol. The van der Waals surface area contributed by atoms with Gasteiger partial charge < -0.3 is 15.2 Å². The number of nitrogens with one attached hydrogen (secondary N) is 1. The Hall–Kier alpha value is -2.93. The number of nitrogens with zero attached hydrogens (tertiary/aromatic N) is 2. The van der Waals surface area contributed by atoms with E-state index in [4.69, 9.17) is 9.84 Å². The lowest BCUT2D eigenvalue weighted by Gasteiger charge is -2.16. The van der Waals surface area contributed by atoms with Crippen molar-refractivity contribution in [2.45, 2.75) is 19.1 Å². The lowest BCUT2D eigenvalue weighted by molar-refractivity contribution is -0.113. The molecular weight excluding hydrogens is 374 g/mol. The van der Waals surface area contributed by atoms with E-state index in [0.29, 0.717) is 17.3 Å². The molecule has 2 N–H and O–H groups in total. The summed E-state index contributed by atoms with van der Waals surface area (Å²) in [6.07, 6.45) is 0. The molecule has 6 nitrogen and oxygen atoms in total. The fraction of sp³-hybridized carbons (Fsp3) is 0.238. The first kappa shape index (κ1) is 18.4. The molecule has 1 atom stereocenters. The highest BCUT2D eigenvalue weighted by Crippen LogP contribution is 2.45. The standard InChI is InChI=1S/C21H21N3O3S/c1-12-4-7-15(8-5-12)24-21-19(13(2)23-24)20(28-11-18(26)22-21)14-6-9-16(25)17(10-14)27-3/h4-10,20,25H,11H2,1-3H3,(H,22,26)/t20-/m1/s1.